The van der Waals surface area contributed by atoms with Crippen molar-refractivity contribution < 1.29 is 9.53 Å². The number of amides is 1. The zero-order valence-electron chi connectivity index (χ0n) is 15.8. The van der Waals surface area contributed by atoms with Gasteiger partial charge in [0.1, 0.15) is 0 Å². The number of H-pyrrole nitrogens is 1. The molecule has 1 N–H and O–H groups in total. The lowest BCUT2D eigenvalue weighted by Gasteiger charge is -2.34. The number of carbonyl (C=O) groups excluding carboxylic acids is 1. The maximum Gasteiger partial charge on any atom is 0.226 e. The van der Waals surface area contributed by atoms with Gasteiger partial charge in [0.05, 0.1) is 12.7 Å². The Morgan fingerprint density at radius 2 is 2.20 bits per heavy atom. The Hall–Kier alpha value is -1.33. The van der Waals surface area contributed by atoms with Crippen LogP contribution in [-0.2, 0) is 16.1 Å². The number of aryl methyl sites for hydroxylation is 2. The number of nitrogens with zero attached hydrogens (tertiary/aromatic N) is 2. The highest BCUT2D eigenvalue weighted by Crippen LogP contribution is 2.55. The average molecular weight is 345 g/mol. The fourth-order valence-corrected chi connectivity index (χ4v) is 4.39. The van der Waals surface area contributed by atoms with E-state index in [1.54, 1.807) is 0 Å². The van der Waals surface area contributed by atoms with Crippen molar-refractivity contribution in [3.8, 4) is 0 Å². The lowest BCUT2D eigenvalue weighted by molar-refractivity contribution is -0.137. The summed E-state index contributed by atoms with van der Waals surface area (Å²) in [5, 5.41) is 0. The summed E-state index contributed by atoms with van der Waals surface area (Å²) in [6, 6.07) is 2.18. The van der Waals surface area contributed by atoms with Gasteiger partial charge in [-0.1, -0.05) is 0 Å². The fourth-order valence-electron chi connectivity index (χ4n) is 4.39. The SMILES string of the molecule is Cc1cc(CN(C[C@@H]2CN(C)CCO2)C(=O)[C@H]2C[C@H]2C2CC2)c(C)[nH]1. The molecular formula is C20H31N3O2. The Balaban J connectivity index is 1.46. The van der Waals surface area contributed by atoms with Gasteiger partial charge in [-0.05, 0) is 63.6 Å². The van der Waals surface area contributed by atoms with Crippen LogP contribution in [-0.4, -0.2) is 60.1 Å². The largest absolute Gasteiger partial charge is 0.374 e. The smallest absolute Gasteiger partial charge is 0.226 e. The van der Waals surface area contributed by atoms with E-state index < -0.39 is 0 Å². The zero-order valence-corrected chi connectivity index (χ0v) is 15.8. The Morgan fingerprint density at radius 1 is 1.40 bits per heavy atom. The highest BCUT2D eigenvalue weighted by Gasteiger charge is 2.52. The van der Waals surface area contributed by atoms with Crippen molar-refractivity contribution in [3.63, 3.8) is 0 Å². The summed E-state index contributed by atoms with van der Waals surface area (Å²) in [7, 11) is 2.13. The second-order valence-electron chi connectivity index (χ2n) is 8.42. The van der Waals surface area contributed by atoms with Crippen molar-refractivity contribution in [3.05, 3.63) is 23.0 Å². The Morgan fingerprint density at radius 3 is 2.84 bits per heavy atom. The molecule has 1 saturated heterocycles. The van der Waals surface area contributed by atoms with Crippen molar-refractivity contribution in [1.29, 1.82) is 0 Å². The van der Waals surface area contributed by atoms with Gasteiger partial charge in [0, 0.05) is 43.5 Å². The Kier molecular flexibility index (Phi) is 4.63. The van der Waals surface area contributed by atoms with Crippen molar-refractivity contribution in [1.82, 2.24) is 14.8 Å². The first-order chi connectivity index (χ1) is 12.0. The van der Waals surface area contributed by atoms with Crippen LogP contribution >= 0.6 is 0 Å². The highest BCUT2D eigenvalue weighted by atomic mass is 16.5. The maximum atomic E-state index is 13.2. The minimum atomic E-state index is 0.126. The number of rotatable bonds is 6. The molecule has 5 nitrogen and oxygen atoms in total. The van der Waals surface area contributed by atoms with Gasteiger partial charge in [-0.3, -0.25) is 4.79 Å². The predicted octanol–water partition coefficient (Wildman–Crippen LogP) is 2.34. The first-order valence-corrected chi connectivity index (χ1v) is 9.75. The van der Waals surface area contributed by atoms with E-state index in [4.69, 9.17) is 4.74 Å². The third-order valence-electron chi connectivity index (χ3n) is 6.08. The molecule has 3 aliphatic rings. The minimum Gasteiger partial charge on any atom is -0.374 e. The van der Waals surface area contributed by atoms with E-state index in [1.807, 2.05) is 0 Å². The standard InChI is InChI=1S/C20H31N3O2/c1-13-8-16(14(2)21-13)10-23(12-17-11-22(3)6-7-25-17)20(24)19-9-18(19)15-4-5-15/h8,15,17-19,21H,4-7,9-12H2,1-3H3/t17-,18-,19-/m0/s1. The van der Waals surface area contributed by atoms with Crippen molar-refractivity contribution in [2.45, 2.75) is 45.8 Å². The summed E-state index contributed by atoms with van der Waals surface area (Å²) in [5.74, 6) is 2.13. The number of aromatic amines is 1. The number of ether oxygens (including phenoxy) is 1. The molecule has 25 heavy (non-hydrogen) atoms. The van der Waals surface area contributed by atoms with E-state index >= 15 is 0 Å². The van der Waals surface area contributed by atoms with Gasteiger partial charge in [0.25, 0.3) is 0 Å². The Bertz CT molecular complexity index is 637. The molecule has 0 aromatic carbocycles. The molecule has 2 heterocycles. The summed E-state index contributed by atoms with van der Waals surface area (Å²) in [4.78, 5) is 20.9. The summed E-state index contributed by atoms with van der Waals surface area (Å²) in [6.07, 6.45) is 3.90. The number of hydrogen-bond acceptors (Lipinski definition) is 3. The van der Waals surface area contributed by atoms with Gasteiger partial charge in [-0.25, -0.2) is 0 Å². The van der Waals surface area contributed by atoms with E-state index in [1.165, 1.54) is 24.1 Å². The first kappa shape index (κ1) is 17.1. The molecule has 1 aliphatic heterocycles. The van der Waals surface area contributed by atoms with Gasteiger partial charge in [-0.2, -0.15) is 0 Å². The molecule has 5 heteroatoms. The van der Waals surface area contributed by atoms with Crippen molar-refractivity contribution >= 4 is 5.91 Å². The van der Waals surface area contributed by atoms with Gasteiger partial charge >= 0.3 is 0 Å². The van der Waals surface area contributed by atoms with Crippen LogP contribution in [0.2, 0.25) is 0 Å². The summed E-state index contributed by atoms with van der Waals surface area (Å²) < 4.78 is 5.95. The molecule has 1 aromatic rings. The van der Waals surface area contributed by atoms with E-state index in [-0.39, 0.29) is 12.0 Å². The molecule has 0 radical (unpaired) electrons. The number of likely N-dealkylation sites (N-methyl/N-ethyl adjacent to an activating group) is 1. The zero-order chi connectivity index (χ0) is 17.6. The summed E-state index contributed by atoms with van der Waals surface area (Å²) in [5.41, 5.74) is 3.57. The van der Waals surface area contributed by atoms with Crippen LogP contribution < -0.4 is 0 Å². The molecule has 0 unspecified atom stereocenters. The van der Waals surface area contributed by atoms with Crippen LogP contribution in [0.5, 0.6) is 0 Å². The molecular weight excluding hydrogens is 314 g/mol. The van der Waals surface area contributed by atoms with Gasteiger partial charge in [-0.15, -0.1) is 0 Å². The second-order valence-corrected chi connectivity index (χ2v) is 8.42. The topological polar surface area (TPSA) is 48.6 Å². The maximum absolute atomic E-state index is 13.2. The number of nitrogens with one attached hydrogen (secondary N) is 1. The minimum absolute atomic E-state index is 0.126. The number of aromatic nitrogens is 1. The molecule has 1 amide bonds. The molecule has 3 fully saturated rings. The normalized spacial score (nSPS) is 29.6. The monoisotopic (exact) mass is 345 g/mol. The summed E-state index contributed by atoms with van der Waals surface area (Å²) in [6.45, 7) is 8.23. The molecule has 4 rings (SSSR count). The van der Waals surface area contributed by atoms with Gasteiger partial charge < -0.3 is 19.5 Å². The van der Waals surface area contributed by atoms with E-state index in [0.717, 1.165) is 37.7 Å². The number of morpholine rings is 1. The fraction of sp³-hybridized carbons (Fsp3) is 0.750. The quantitative estimate of drug-likeness (QED) is 0.861. The highest BCUT2D eigenvalue weighted by molar-refractivity contribution is 5.82. The lowest BCUT2D eigenvalue weighted by atomic mass is 10.1. The van der Waals surface area contributed by atoms with E-state index in [2.05, 4.69) is 41.7 Å². The second kappa shape index (κ2) is 6.76. The number of carbonyl (C=O) groups is 1. The average Bonchev–Trinajstić information content (AvgIpc) is 3.44. The third-order valence-corrected chi connectivity index (χ3v) is 6.08. The van der Waals surface area contributed by atoms with Crippen molar-refractivity contribution in [2.75, 3.05) is 33.3 Å². The molecule has 0 bridgehead atoms. The van der Waals surface area contributed by atoms with Crippen LogP contribution in [0.1, 0.15) is 36.2 Å². The van der Waals surface area contributed by atoms with Crippen molar-refractivity contribution in [2.24, 2.45) is 17.8 Å². The van der Waals surface area contributed by atoms with E-state index in [9.17, 15) is 4.79 Å². The third kappa shape index (κ3) is 3.93. The molecule has 3 atom stereocenters. The molecule has 138 valence electrons. The molecule has 2 aliphatic carbocycles. The predicted molar refractivity (Wildman–Crippen MR) is 97.2 cm³/mol. The van der Waals surface area contributed by atoms with Crippen LogP contribution in [0.3, 0.4) is 0 Å². The first-order valence-electron chi connectivity index (χ1n) is 9.75. The van der Waals surface area contributed by atoms with Crippen LogP contribution in [0.25, 0.3) is 0 Å². The van der Waals surface area contributed by atoms with Crippen LogP contribution in [0.15, 0.2) is 6.07 Å². The summed E-state index contributed by atoms with van der Waals surface area (Å²) >= 11 is 0. The molecule has 2 saturated carbocycles. The lowest BCUT2D eigenvalue weighted by Crippen LogP contribution is -2.47. The van der Waals surface area contributed by atoms with E-state index in [0.29, 0.717) is 24.9 Å². The van der Waals surface area contributed by atoms with Crippen LogP contribution in [0, 0.1) is 31.6 Å². The Labute approximate surface area is 150 Å². The number of hydrogen-bond donors (Lipinski definition) is 1. The van der Waals surface area contributed by atoms with Crippen LogP contribution in [0.4, 0.5) is 0 Å². The molecule has 0 spiro atoms. The van der Waals surface area contributed by atoms with Gasteiger partial charge in [0.2, 0.25) is 5.91 Å². The molecule has 1 aromatic heterocycles. The van der Waals surface area contributed by atoms with Gasteiger partial charge in [0.15, 0.2) is 0 Å².